The maximum atomic E-state index is 12.4. The summed E-state index contributed by atoms with van der Waals surface area (Å²) in [5.74, 6) is -0.354. The van der Waals surface area contributed by atoms with Gasteiger partial charge in [-0.25, -0.2) is 0 Å². The molecule has 2 aromatic rings. The molecule has 0 heterocycles. The van der Waals surface area contributed by atoms with Crippen LogP contribution in [0.1, 0.15) is 22.8 Å². The fraction of sp³-hybridized carbons (Fsp3) is 0.222. The fourth-order valence-corrected chi connectivity index (χ4v) is 2.45. The summed E-state index contributed by atoms with van der Waals surface area (Å²) in [4.78, 5) is 23.6. The number of nitrogens with one attached hydrogen (secondary N) is 2. The lowest BCUT2D eigenvalue weighted by molar-refractivity contribution is -0.114. The number of anilines is 1. The van der Waals surface area contributed by atoms with E-state index < -0.39 is 15.9 Å². The first-order valence-corrected chi connectivity index (χ1v) is 8.77. The summed E-state index contributed by atoms with van der Waals surface area (Å²) in [6.07, 6.45) is -1.24. The van der Waals surface area contributed by atoms with Crippen LogP contribution in [0.4, 0.5) is 5.69 Å². The van der Waals surface area contributed by atoms with E-state index in [4.69, 9.17) is 39.5 Å². The summed E-state index contributed by atoms with van der Waals surface area (Å²) in [5, 5.41) is 5.19. The van der Waals surface area contributed by atoms with Gasteiger partial charge in [0, 0.05) is 24.2 Å². The van der Waals surface area contributed by atoms with Gasteiger partial charge in [0.1, 0.15) is 5.75 Å². The highest BCUT2D eigenvalue weighted by atomic mass is 35.6. The molecule has 1 atom stereocenters. The lowest BCUT2D eigenvalue weighted by atomic mass is 10.1. The molecule has 0 aliphatic rings. The van der Waals surface area contributed by atoms with Crippen molar-refractivity contribution in [1.82, 2.24) is 5.32 Å². The first-order valence-electron chi connectivity index (χ1n) is 7.64. The number of rotatable bonds is 5. The van der Waals surface area contributed by atoms with Crippen LogP contribution in [0, 0.1) is 6.92 Å². The fourth-order valence-electron chi connectivity index (χ4n) is 2.15. The molecule has 2 amide bonds. The number of aryl methyl sites for hydroxylation is 1. The highest BCUT2D eigenvalue weighted by Gasteiger charge is 2.36. The number of carbonyl (C=O) groups excluding carboxylic acids is 2. The molecule has 0 fully saturated rings. The van der Waals surface area contributed by atoms with Crippen LogP contribution in [0.25, 0.3) is 0 Å². The van der Waals surface area contributed by atoms with Crippen molar-refractivity contribution in [2.24, 2.45) is 0 Å². The van der Waals surface area contributed by atoms with E-state index in [1.165, 1.54) is 6.92 Å². The van der Waals surface area contributed by atoms with Crippen molar-refractivity contribution >= 4 is 52.3 Å². The molecule has 0 saturated heterocycles. The molecule has 138 valence electrons. The van der Waals surface area contributed by atoms with E-state index in [2.05, 4.69) is 10.6 Å². The van der Waals surface area contributed by atoms with Gasteiger partial charge in [-0.15, -0.1) is 0 Å². The maximum Gasteiger partial charge on any atom is 0.254 e. The average molecular weight is 416 g/mol. The second-order valence-corrected chi connectivity index (χ2v) is 7.96. The highest BCUT2D eigenvalue weighted by Crippen LogP contribution is 2.32. The minimum absolute atomic E-state index is 0.229. The van der Waals surface area contributed by atoms with Crippen LogP contribution in [-0.4, -0.2) is 21.8 Å². The van der Waals surface area contributed by atoms with Gasteiger partial charge in [0.25, 0.3) is 5.91 Å². The summed E-state index contributed by atoms with van der Waals surface area (Å²) in [5.41, 5.74) is 1.86. The molecule has 5 nitrogen and oxygen atoms in total. The van der Waals surface area contributed by atoms with Crippen molar-refractivity contribution in [1.29, 1.82) is 0 Å². The van der Waals surface area contributed by atoms with Crippen LogP contribution in [0.3, 0.4) is 0 Å². The minimum atomic E-state index is -1.91. The van der Waals surface area contributed by atoms with Crippen molar-refractivity contribution in [3.05, 3.63) is 59.7 Å². The summed E-state index contributed by atoms with van der Waals surface area (Å²) in [6, 6.07) is 13.5. The first kappa shape index (κ1) is 20.4. The summed E-state index contributed by atoms with van der Waals surface area (Å²) >= 11 is 17.9. The average Bonchev–Trinajstić information content (AvgIpc) is 2.53. The first-order chi connectivity index (χ1) is 12.1. The molecule has 0 aliphatic carbocycles. The summed E-state index contributed by atoms with van der Waals surface area (Å²) < 4.78 is 3.73. The Morgan fingerprint density at radius 2 is 1.77 bits per heavy atom. The third kappa shape index (κ3) is 6.09. The minimum Gasteiger partial charge on any atom is -0.466 e. The number of carbonyl (C=O) groups is 2. The molecule has 26 heavy (non-hydrogen) atoms. The summed E-state index contributed by atoms with van der Waals surface area (Å²) in [7, 11) is 0. The molecule has 0 aromatic heterocycles. The number of benzene rings is 2. The van der Waals surface area contributed by atoms with Crippen LogP contribution in [-0.2, 0) is 4.79 Å². The van der Waals surface area contributed by atoms with Crippen molar-refractivity contribution in [2.45, 2.75) is 23.9 Å². The number of alkyl halides is 3. The van der Waals surface area contributed by atoms with Gasteiger partial charge < -0.3 is 15.4 Å². The zero-order valence-corrected chi connectivity index (χ0v) is 16.3. The van der Waals surface area contributed by atoms with Gasteiger partial charge in [-0.05, 0) is 31.2 Å². The van der Waals surface area contributed by atoms with Gasteiger partial charge in [-0.3, -0.25) is 9.59 Å². The smallest absolute Gasteiger partial charge is 0.254 e. The Kier molecular flexibility index (Phi) is 6.75. The topological polar surface area (TPSA) is 67.4 Å². The van der Waals surface area contributed by atoms with Crippen molar-refractivity contribution in [3.8, 4) is 5.75 Å². The van der Waals surface area contributed by atoms with E-state index in [9.17, 15) is 9.59 Å². The summed E-state index contributed by atoms with van der Waals surface area (Å²) in [6.45, 7) is 3.26. The number of hydrogen-bond acceptors (Lipinski definition) is 3. The molecule has 0 saturated carbocycles. The second-order valence-electron chi connectivity index (χ2n) is 5.59. The normalized spacial score (nSPS) is 12.2. The second kappa shape index (κ2) is 8.62. The third-order valence-corrected chi connectivity index (χ3v) is 3.84. The Bertz CT molecular complexity index is 806. The van der Waals surface area contributed by atoms with Crippen LogP contribution >= 0.6 is 34.8 Å². The van der Waals surface area contributed by atoms with Crippen molar-refractivity contribution in [3.63, 3.8) is 0 Å². The lowest BCUT2D eigenvalue weighted by Crippen LogP contribution is -2.47. The van der Waals surface area contributed by atoms with Gasteiger partial charge in [0.15, 0.2) is 0 Å². The molecule has 2 N–H and O–H groups in total. The van der Waals surface area contributed by atoms with E-state index in [0.29, 0.717) is 17.0 Å². The van der Waals surface area contributed by atoms with Crippen LogP contribution in [0.5, 0.6) is 5.75 Å². The Morgan fingerprint density at radius 3 is 2.38 bits per heavy atom. The molecule has 0 aliphatic heterocycles. The molecular formula is C18H17Cl3N2O3. The molecule has 8 heteroatoms. The van der Waals surface area contributed by atoms with E-state index in [0.717, 1.165) is 5.56 Å². The standard InChI is InChI=1S/C18H17Cl3N2O3/c1-11-5-3-6-13(9-11)16(25)23-17(18(19,20)21)26-15-8-4-7-14(10-15)22-12(2)24/h3-10,17H,1-2H3,(H,22,24)(H,23,25). The molecule has 0 bridgehead atoms. The van der Waals surface area contributed by atoms with Crippen molar-refractivity contribution in [2.75, 3.05) is 5.32 Å². The largest absolute Gasteiger partial charge is 0.466 e. The van der Waals surface area contributed by atoms with Gasteiger partial charge in [-0.2, -0.15) is 0 Å². The Morgan fingerprint density at radius 1 is 1.08 bits per heavy atom. The molecule has 2 rings (SSSR count). The van der Waals surface area contributed by atoms with Gasteiger partial charge in [-0.1, -0.05) is 58.6 Å². The Hall–Kier alpha value is -1.95. The van der Waals surface area contributed by atoms with Crippen LogP contribution in [0.15, 0.2) is 48.5 Å². The molecular weight excluding hydrogens is 399 g/mol. The quantitative estimate of drug-likeness (QED) is 0.560. The van der Waals surface area contributed by atoms with Gasteiger partial charge >= 0.3 is 0 Å². The van der Waals surface area contributed by atoms with E-state index in [1.54, 1.807) is 42.5 Å². The van der Waals surface area contributed by atoms with Crippen LogP contribution < -0.4 is 15.4 Å². The van der Waals surface area contributed by atoms with Gasteiger partial charge in [0.2, 0.25) is 15.9 Å². The number of amides is 2. The highest BCUT2D eigenvalue weighted by molar-refractivity contribution is 6.68. The SMILES string of the molecule is CC(=O)Nc1cccc(OC(NC(=O)c2cccc(C)c2)C(Cl)(Cl)Cl)c1. The van der Waals surface area contributed by atoms with Gasteiger partial charge in [0.05, 0.1) is 0 Å². The monoisotopic (exact) mass is 414 g/mol. The van der Waals surface area contributed by atoms with E-state index in [1.807, 2.05) is 13.0 Å². The predicted molar refractivity (Wildman–Crippen MR) is 104 cm³/mol. The van der Waals surface area contributed by atoms with Crippen molar-refractivity contribution < 1.29 is 14.3 Å². The Balaban J connectivity index is 2.18. The van der Waals surface area contributed by atoms with Crippen LogP contribution in [0.2, 0.25) is 0 Å². The molecule has 0 spiro atoms. The van der Waals surface area contributed by atoms with E-state index in [-0.39, 0.29) is 5.91 Å². The van der Waals surface area contributed by atoms with E-state index >= 15 is 0 Å². The predicted octanol–water partition coefficient (Wildman–Crippen LogP) is 4.46. The Labute approximate surface area is 166 Å². The molecule has 2 aromatic carbocycles. The molecule has 1 unspecified atom stereocenters. The third-order valence-electron chi connectivity index (χ3n) is 3.25. The molecule has 0 radical (unpaired) electrons. The number of ether oxygens (including phenoxy) is 1. The zero-order chi connectivity index (χ0) is 19.3. The zero-order valence-electron chi connectivity index (χ0n) is 14.1. The number of halogens is 3. The maximum absolute atomic E-state index is 12.4. The lowest BCUT2D eigenvalue weighted by Gasteiger charge is -2.26. The number of hydrogen-bond donors (Lipinski definition) is 2.